The zero-order chi connectivity index (χ0) is 15.1. The van der Waals surface area contributed by atoms with Gasteiger partial charge in [-0.15, -0.1) is 0 Å². The third-order valence-corrected chi connectivity index (χ3v) is 2.70. The van der Waals surface area contributed by atoms with Crippen LogP contribution in [-0.2, 0) is 4.79 Å². The van der Waals surface area contributed by atoms with Crippen LogP contribution in [0.4, 0.5) is 4.39 Å². The number of Topliss-reactive ketones (excluding diaryl/α,β-unsaturated/α-hetero) is 1. The Balaban J connectivity index is 2.41. The molecular formula is C15H21FN2O2. The lowest BCUT2D eigenvalue weighted by molar-refractivity contribution is -0.121. The van der Waals surface area contributed by atoms with E-state index in [-0.39, 0.29) is 30.6 Å². The van der Waals surface area contributed by atoms with E-state index in [0.717, 1.165) is 0 Å². The molecule has 4 nitrogen and oxygen atoms in total. The monoisotopic (exact) mass is 280 g/mol. The molecule has 0 aromatic heterocycles. The molecule has 110 valence electrons. The van der Waals surface area contributed by atoms with Gasteiger partial charge < -0.3 is 5.32 Å². The van der Waals surface area contributed by atoms with Gasteiger partial charge in [0.25, 0.3) is 0 Å². The van der Waals surface area contributed by atoms with Crippen LogP contribution < -0.4 is 5.32 Å². The van der Waals surface area contributed by atoms with E-state index in [1.807, 2.05) is 13.8 Å². The van der Waals surface area contributed by atoms with Gasteiger partial charge in [-0.1, -0.05) is 13.8 Å². The molecule has 1 rings (SSSR count). The zero-order valence-electron chi connectivity index (χ0n) is 12.1. The molecule has 20 heavy (non-hydrogen) atoms. The molecule has 1 N–H and O–H groups in total. The third kappa shape index (κ3) is 5.93. The Morgan fingerprint density at radius 2 is 1.80 bits per heavy atom. The van der Waals surface area contributed by atoms with E-state index < -0.39 is 0 Å². The van der Waals surface area contributed by atoms with Gasteiger partial charge in [-0.25, -0.2) is 4.39 Å². The predicted molar refractivity (Wildman–Crippen MR) is 76.1 cm³/mol. The molecule has 1 aromatic rings. The Labute approximate surface area is 119 Å². The molecule has 0 radical (unpaired) electrons. The first-order valence-corrected chi connectivity index (χ1v) is 6.62. The van der Waals surface area contributed by atoms with E-state index in [1.165, 1.54) is 24.3 Å². The van der Waals surface area contributed by atoms with Crippen LogP contribution in [0.25, 0.3) is 0 Å². The Morgan fingerprint density at radius 1 is 1.20 bits per heavy atom. The van der Waals surface area contributed by atoms with Crippen molar-refractivity contribution in [3.63, 3.8) is 0 Å². The van der Waals surface area contributed by atoms with Crippen LogP contribution in [0.3, 0.4) is 0 Å². The van der Waals surface area contributed by atoms with Crippen molar-refractivity contribution in [1.82, 2.24) is 10.2 Å². The van der Waals surface area contributed by atoms with E-state index in [0.29, 0.717) is 18.0 Å². The van der Waals surface area contributed by atoms with Gasteiger partial charge in [-0.3, -0.25) is 14.5 Å². The lowest BCUT2D eigenvalue weighted by atomic mass is 10.1. The van der Waals surface area contributed by atoms with Gasteiger partial charge in [0, 0.05) is 12.1 Å². The summed E-state index contributed by atoms with van der Waals surface area (Å²) in [6.07, 6.45) is 0. The molecule has 0 aliphatic carbocycles. The summed E-state index contributed by atoms with van der Waals surface area (Å²) in [6.45, 7) is 4.95. The van der Waals surface area contributed by atoms with Crippen molar-refractivity contribution in [2.75, 3.05) is 26.7 Å². The number of carbonyl (C=O) groups excluding carboxylic acids is 2. The Kier molecular flexibility index (Phi) is 6.31. The first-order valence-electron chi connectivity index (χ1n) is 6.62. The Bertz CT molecular complexity index is 457. The van der Waals surface area contributed by atoms with E-state index in [1.54, 1.807) is 11.9 Å². The highest BCUT2D eigenvalue weighted by Gasteiger charge is 2.12. The number of benzene rings is 1. The van der Waals surface area contributed by atoms with Crippen molar-refractivity contribution >= 4 is 11.7 Å². The fourth-order valence-electron chi connectivity index (χ4n) is 1.65. The molecule has 0 heterocycles. The van der Waals surface area contributed by atoms with Gasteiger partial charge in [0.2, 0.25) is 5.91 Å². The van der Waals surface area contributed by atoms with Gasteiger partial charge in [0.15, 0.2) is 5.78 Å². The van der Waals surface area contributed by atoms with Crippen LogP contribution in [0.1, 0.15) is 24.2 Å². The summed E-state index contributed by atoms with van der Waals surface area (Å²) in [5, 5.41) is 2.79. The quantitative estimate of drug-likeness (QED) is 0.774. The van der Waals surface area contributed by atoms with E-state index in [9.17, 15) is 14.0 Å². The minimum absolute atomic E-state index is 0.104. The van der Waals surface area contributed by atoms with Crippen LogP contribution in [-0.4, -0.2) is 43.3 Å². The Morgan fingerprint density at radius 3 is 2.35 bits per heavy atom. The van der Waals surface area contributed by atoms with Crippen molar-refractivity contribution in [3.05, 3.63) is 35.6 Å². The summed E-state index contributed by atoms with van der Waals surface area (Å²) in [6, 6.07) is 5.40. The van der Waals surface area contributed by atoms with Gasteiger partial charge in [-0.05, 0) is 37.2 Å². The van der Waals surface area contributed by atoms with Crippen LogP contribution >= 0.6 is 0 Å². The van der Waals surface area contributed by atoms with Gasteiger partial charge in [0.05, 0.1) is 13.1 Å². The zero-order valence-corrected chi connectivity index (χ0v) is 12.1. The van der Waals surface area contributed by atoms with E-state index in [2.05, 4.69) is 5.32 Å². The maximum atomic E-state index is 12.8. The topological polar surface area (TPSA) is 49.4 Å². The number of ketones is 1. The van der Waals surface area contributed by atoms with Gasteiger partial charge in [0.1, 0.15) is 5.82 Å². The van der Waals surface area contributed by atoms with Crippen LogP contribution in [0, 0.1) is 11.7 Å². The molecule has 0 aliphatic rings. The minimum atomic E-state index is -0.372. The summed E-state index contributed by atoms with van der Waals surface area (Å²) < 4.78 is 12.8. The average molecular weight is 280 g/mol. The number of nitrogens with one attached hydrogen (secondary N) is 1. The number of amides is 1. The lowest BCUT2D eigenvalue weighted by Gasteiger charge is -2.16. The largest absolute Gasteiger partial charge is 0.355 e. The molecule has 0 bridgehead atoms. The first-order chi connectivity index (χ1) is 9.38. The summed E-state index contributed by atoms with van der Waals surface area (Å²) in [5.74, 6) is -0.217. The second-order valence-electron chi connectivity index (χ2n) is 5.30. The fourth-order valence-corrected chi connectivity index (χ4v) is 1.65. The second kappa shape index (κ2) is 7.75. The summed E-state index contributed by atoms with van der Waals surface area (Å²) in [4.78, 5) is 25.2. The number of hydrogen-bond donors (Lipinski definition) is 1. The number of hydrogen-bond acceptors (Lipinski definition) is 3. The molecule has 0 saturated heterocycles. The minimum Gasteiger partial charge on any atom is -0.355 e. The molecule has 0 saturated carbocycles. The summed E-state index contributed by atoms with van der Waals surface area (Å²) in [7, 11) is 1.70. The molecule has 1 aromatic carbocycles. The maximum absolute atomic E-state index is 12.8. The number of likely N-dealkylation sites (N-methyl/N-ethyl adjacent to an activating group) is 1. The standard InChI is InChI=1S/C15H21FN2O2/c1-11(2)8-17-15(20)10-18(3)9-14(19)12-4-6-13(16)7-5-12/h4-7,11H,8-10H2,1-3H3,(H,17,20). The Hall–Kier alpha value is -1.75. The number of halogens is 1. The van der Waals surface area contributed by atoms with Crippen LogP contribution in [0.15, 0.2) is 24.3 Å². The maximum Gasteiger partial charge on any atom is 0.234 e. The van der Waals surface area contributed by atoms with Crippen molar-refractivity contribution in [3.8, 4) is 0 Å². The molecule has 0 fully saturated rings. The highest BCUT2D eigenvalue weighted by Crippen LogP contribution is 2.04. The highest BCUT2D eigenvalue weighted by atomic mass is 19.1. The van der Waals surface area contributed by atoms with Crippen LogP contribution in [0.2, 0.25) is 0 Å². The molecule has 5 heteroatoms. The van der Waals surface area contributed by atoms with Crippen LogP contribution in [0.5, 0.6) is 0 Å². The number of carbonyl (C=O) groups is 2. The summed E-state index contributed by atoms with van der Waals surface area (Å²) >= 11 is 0. The van der Waals surface area contributed by atoms with Gasteiger partial charge in [-0.2, -0.15) is 0 Å². The molecule has 0 spiro atoms. The number of rotatable bonds is 7. The molecule has 0 atom stereocenters. The fraction of sp³-hybridized carbons (Fsp3) is 0.467. The second-order valence-corrected chi connectivity index (χ2v) is 5.30. The average Bonchev–Trinajstić information content (AvgIpc) is 2.36. The molecular weight excluding hydrogens is 259 g/mol. The molecule has 1 amide bonds. The number of nitrogens with zero attached hydrogens (tertiary/aromatic N) is 1. The van der Waals surface area contributed by atoms with E-state index >= 15 is 0 Å². The molecule has 0 unspecified atom stereocenters. The van der Waals surface area contributed by atoms with Crippen molar-refractivity contribution < 1.29 is 14.0 Å². The normalized spacial score (nSPS) is 10.9. The smallest absolute Gasteiger partial charge is 0.234 e. The molecule has 0 aliphatic heterocycles. The van der Waals surface area contributed by atoms with E-state index in [4.69, 9.17) is 0 Å². The van der Waals surface area contributed by atoms with Crippen molar-refractivity contribution in [2.24, 2.45) is 5.92 Å². The van der Waals surface area contributed by atoms with Crippen molar-refractivity contribution in [1.29, 1.82) is 0 Å². The lowest BCUT2D eigenvalue weighted by Crippen LogP contribution is -2.38. The SMILES string of the molecule is CC(C)CNC(=O)CN(C)CC(=O)c1ccc(F)cc1. The van der Waals surface area contributed by atoms with Crippen molar-refractivity contribution in [2.45, 2.75) is 13.8 Å². The first kappa shape index (κ1) is 16.3. The third-order valence-electron chi connectivity index (χ3n) is 2.70. The summed E-state index contributed by atoms with van der Waals surface area (Å²) in [5.41, 5.74) is 0.445. The predicted octanol–water partition coefficient (Wildman–Crippen LogP) is 1.71. The highest BCUT2D eigenvalue weighted by molar-refractivity contribution is 5.97. The van der Waals surface area contributed by atoms with Gasteiger partial charge >= 0.3 is 0 Å².